The summed E-state index contributed by atoms with van der Waals surface area (Å²) < 4.78 is 0. The molecular formula is C9H14BNO2. The molecule has 2 N–H and O–H groups in total. The number of pyridine rings is 1. The molecule has 0 spiro atoms. The zero-order chi connectivity index (χ0) is 9.84. The second-order valence-electron chi connectivity index (χ2n) is 3.55. The number of rotatable bonds is 3. The van der Waals surface area contributed by atoms with Crippen LogP contribution in [-0.2, 0) is 6.42 Å². The van der Waals surface area contributed by atoms with Gasteiger partial charge in [-0.05, 0) is 29.9 Å². The Bertz CT molecular complexity index is 276. The summed E-state index contributed by atoms with van der Waals surface area (Å²) in [7, 11) is -1.39. The molecular weight excluding hydrogens is 165 g/mol. The van der Waals surface area contributed by atoms with E-state index in [2.05, 4.69) is 18.8 Å². The van der Waals surface area contributed by atoms with E-state index >= 15 is 0 Å². The van der Waals surface area contributed by atoms with Gasteiger partial charge in [0.05, 0.1) is 0 Å². The van der Waals surface area contributed by atoms with Crippen molar-refractivity contribution in [3.05, 3.63) is 24.0 Å². The lowest BCUT2D eigenvalue weighted by Crippen LogP contribution is -2.30. The van der Waals surface area contributed by atoms with Crippen molar-refractivity contribution in [2.45, 2.75) is 20.3 Å². The van der Waals surface area contributed by atoms with E-state index in [-0.39, 0.29) is 0 Å². The largest absolute Gasteiger partial charge is 0.488 e. The van der Waals surface area contributed by atoms with Crippen LogP contribution >= 0.6 is 0 Å². The molecule has 0 aromatic carbocycles. The molecule has 0 radical (unpaired) electrons. The third-order valence-corrected chi connectivity index (χ3v) is 1.76. The maximum Gasteiger partial charge on any atom is 0.488 e. The van der Waals surface area contributed by atoms with Gasteiger partial charge in [0.25, 0.3) is 0 Å². The highest BCUT2D eigenvalue weighted by Crippen LogP contribution is 2.02. The fourth-order valence-electron chi connectivity index (χ4n) is 1.19. The van der Waals surface area contributed by atoms with Gasteiger partial charge in [0.2, 0.25) is 0 Å². The van der Waals surface area contributed by atoms with Crippen molar-refractivity contribution in [1.82, 2.24) is 4.98 Å². The summed E-state index contributed by atoms with van der Waals surface area (Å²) >= 11 is 0. The van der Waals surface area contributed by atoms with E-state index in [0.717, 1.165) is 12.1 Å². The molecule has 0 bridgehead atoms. The summed E-state index contributed by atoms with van der Waals surface area (Å²) in [5.74, 6) is 0.526. The van der Waals surface area contributed by atoms with Gasteiger partial charge < -0.3 is 10.0 Å². The molecule has 1 rings (SSSR count). The quantitative estimate of drug-likeness (QED) is 0.640. The summed E-state index contributed by atoms with van der Waals surface area (Å²) in [5, 5.41) is 17.8. The van der Waals surface area contributed by atoms with E-state index in [1.54, 1.807) is 18.3 Å². The molecule has 0 saturated heterocycles. The molecule has 1 aromatic rings. The van der Waals surface area contributed by atoms with Crippen LogP contribution < -0.4 is 5.46 Å². The Balaban J connectivity index is 2.79. The minimum atomic E-state index is -1.39. The highest BCUT2D eigenvalue weighted by atomic mass is 16.4. The normalized spacial score (nSPS) is 10.5. The van der Waals surface area contributed by atoms with Crippen LogP contribution in [-0.4, -0.2) is 22.2 Å². The lowest BCUT2D eigenvalue weighted by Gasteiger charge is -2.05. The van der Waals surface area contributed by atoms with Crippen molar-refractivity contribution in [3.8, 4) is 0 Å². The summed E-state index contributed by atoms with van der Waals surface area (Å²) in [6, 6.07) is 3.33. The van der Waals surface area contributed by atoms with Crippen molar-refractivity contribution in [2.24, 2.45) is 5.92 Å². The highest BCUT2D eigenvalue weighted by molar-refractivity contribution is 6.58. The van der Waals surface area contributed by atoms with Gasteiger partial charge in [-0.1, -0.05) is 13.8 Å². The Hall–Kier alpha value is -0.865. The molecule has 13 heavy (non-hydrogen) atoms. The van der Waals surface area contributed by atoms with Gasteiger partial charge in [-0.25, -0.2) is 0 Å². The maximum absolute atomic E-state index is 8.91. The predicted molar refractivity (Wildman–Crippen MR) is 52.6 cm³/mol. The minimum Gasteiger partial charge on any atom is -0.423 e. The average molecular weight is 179 g/mol. The highest BCUT2D eigenvalue weighted by Gasteiger charge is 2.11. The van der Waals surface area contributed by atoms with Crippen LogP contribution in [0.2, 0.25) is 0 Å². The van der Waals surface area contributed by atoms with Gasteiger partial charge in [-0.15, -0.1) is 0 Å². The Morgan fingerprint density at radius 2 is 2.15 bits per heavy atom. The van der Waals surface area contributed by atoms with Crippen LogP contribution in [0.15, 0.2) is 18.3 Å². The number of nitrogens with zero attached hydrogens (tertiary/aromatic N) is 1. The molecule has 0 amide bonds. The smallest absolute Gasteiger partial charge is 0.423 e. The van der Waals surface area contributed by atoms with E-state index in [1.807, 2.05) is 0 Å². The summed E-state index contributed by atoms with van der Waals surface area (Å²) in [6.07, 6.45) is 2.47. The lowest BCUT2D eigenvalue weighted by molar-refractivity contribution is 0.425. The molecule has 4 heteroatoms. The first-order valence-electron chi connectivity index (χ1n) is 4.40. The van der Waals surface area contributed by atoms with Gasteiger partial charge in [-0.3, -0.25) is 4.98 Å². The SMILES string of the molecule is CC(C)Cc1cc(B(O)O)ccn1. The monoisotopic (exact) mass is 179 g/mol. The van der Waals surface area contributed by atoms with Crippen LogP contribution in [0.4, 0.5) is 0 Å². The summed E-state index contributed by atoms with van der Waals surface area (Å²) in [4.78, 5) is 4.14. The first-order chi connectivity index (χ1) is 6.09. The summed E-state index contributed by atoms with van der Waals surface area (Å²) in [6.45, 7) is 4.20. The molecule has 1 heterocycles. The molecule has 0 aliphatic heterocycles. The third kappa shape index (κ3) is 3.16. The second-order valence-corrected chi connectivity index (χ2v) is 3.55. The molecule has 70 valence electrons. The fourth-order valence-corrected chi connectivity index (χ4v) is 1.19. The topological polar surface area (TPSA) is 53.4 Å². The summed E-state index contributed by atoms with van der Waals surface area (Å²) in [5.41, 5.74) is 1.41. The first kappa shape index (κ1) is 10.2. The number of aromatic nitrogens is 1. The Morgan fingerprint density at radius 3 is 2.69 bits per heavy atom. The number of hydrogen-bond acceptors (Lipinski definition) is 3. The van der Waals surface area contributed by atoms with E-state index in [0.29, 0.717) is 11.4 Å². The molecule has 3 nitrogen and oxygen atoms in total. The van der Waals surface area contributed by atoms with Crippen LogP contribution in [0, 0.1) is 5.92 Å². The second kappa shape index (κ2) is 4.39. The molecule has 0 atom stereocenters. The number of hydrogen-bond donors (Lipinski definition) is 2. The molecule has 0 fully saturated rings. The molecule has 0 saturated carbocycles. The van der Waals surface area contributed by atoms with Crippen molar-refractivity contribution < 1.29 is 10.0 Å². The van der Waals surface area contributed by atoms with Crippen LogP contribution in [0.25, 0.3) is 0 Å². The van der Waals surface area contributed by atoms with Crippen molar-refractivity contribution in [3.63, 3.8) is 0 Å². The zero-order valence-electron chi connectivity index (χ0n) is 7.94. The minimum absolute atomic E-state index is 0.505. The van der Waals surface area contributed by atoms with Crippen molar-refractivity contribution in [1.29, 1.82) is 0 Å². The van der Waals surface area contributed by atoms with Crippen LogP contribution in [0.3, 0.4) is 0 Å². The Kier molecular flexibility index (Phi) is 3.45. The van der Waals surface area contributed by atoms with Gasteiger partial charge >= 0.3 is 7.12 Å². The van der Waals surface area contributed by atoms with E-state index in [1.165, 1.54) is 0 Å². The van der Waals surface area contributed by atoms with E-state index < -0.39 is 7.12 Å². The molecule has 1 aromatic heterocycles. The van der Waals surface area contributed by atoms with Gasteiger partial charge in [-0.2, -0.15) is 0 Å². The third-order valence-electron chi connectivity index (χ3n) is 1.76. The molecule has 0 aliphatic carbocycles. The van der Waals surface area contributed by atoms with Gasteiger partial charge in [0.1, 0.15) is 0 Å². The predicted octanol–water partition coefficient (Wildman–Crippen LogP) is -0.0401. The molecule has 0 aliphatic rings. The van der Waals surface area contributed by atoms with Crippen molar-refractivity contribution >= 4 is 12.6 Å². The standard InChI is InChI=1S/C9H14BNO2/c1-7(2)5-9-6-8(10(12)13)3-4-11-9/h3-4,6-7,12-13H,5H2,1-2H3. The fraction of sp³-hybridized carbons (Fsp3) is 0.444. The van der Waals surface area contributed by atoms with E-state index in [9.17, 15) is 0 Å². The molecule has 0 unspecified atom stereocenters. The zero-order valence-corrected chi connectivity index (χ0v) is 7.94. The van der Waals surface area contributed by atoms with Crippen LogP contribution in [0.5, 0.6) is 0 Å². The van der Waals surface area contributed by atoms with E-state index in [4.69, 9.17) is 10.0 Å². The average Bonchev–Trinajstić information content (AvgIpc) is 2.03. The van der Waals surface area contributed by atoms with Crippen LogP contribution in [0.1, 0.15) is 19.5 Å². The van der Waals surface area contributed by atoms with Crippen molar-refractivity contribution in [2.75, 3.05) is 0 Å². The van der Waals surface area contributed by atoms with Gasteiger partial charge in [0.15, 0.2) is 0 Å². The Labute approximate surface area is 78.6 Å². The van der Waals surface area contributed by atoms with Gasteiger partial charge in [0, 0.05) is 11.9 Å². The first-order valence-corrected chi connectivity index (χ1v) is 4.40. The Morgan fingerprint density at radius 1 is 1.46 bits per heavy atom. The maximum atomic E-state index is 8.91. The lowest BCUT2D eigenvalue weighted by atomic mass is 9.80.